The van der Waals surface area contributed by atoms with E-state index in [0.29, 0.717) is 11.3 Å². The SMILES string of the molecule is Cc1cccc(S(=O)(=O)Nc2ccccc2)c1O. The first kappa shape index (κ1) is 12.4. The fourth-order valence-corrected chi connectivity index (χ4v) is 2.79. The summed E-state index contributed by atoms with van der Waals surface area (Å²) in [5, 5.41) is 9.79. The highest BCUT2D eigenvalue weighted by atomic mass is 32.2. The van der Waals surface area contributed by atoms with Crippen molar-refractivity contribution in [3.63, 3.8) is 0 Å². The van der Waals surface area contributed by atoms with Crippen LogP contribution in [0.3, 0.4) is 0 Å². The highest BCUT2D eigenvalue weighted by Crippen LogP contribution is 2.27. The lowest BCUT2D eigenvalue weighted by molar-refractivity contribution is 0.455. The number of anilines is 1. The maximum atomic E-state index is 12.1. The van der Waals surface area contributed by atoms with E-state index in [0.717, 1.165) is 0 Å². The number of hydrogen-bond acceptors (Lipinski definition) is 3. The van der Waals surface area contributed by atoms with Gasteiger partial charge in [0.15, 0.2) is 0 Å². The van der Waals surface area contributed by atoms with Gasteiger partial charge in [0.1, 0.15) is 10.6 Å². The lowest BCUT2D eigenvalue weighted by atomic mass is 10.2. The molecule has 0 fully saturated rings. The highest BCUT2D eigenvalue weighted by molar-refractivity contribution is 7.92. The second-order valence-corrected chi connectivity index (χ2v) is 5.54. The summed E-state index contributed by atoms with van der Waals surface area (Å²) in [6.45, 7) is 1.65. The zero-order chi connectivity index (χ0) is 13.2. The van der Waals surface area contributed by atoms with E-state index >= 15 is 0 Å². The monoisotopic (exact) mass is 263 g/mol. The summed E-state index contributed by atoms with van der Waals surface area (Å²) in [5.74, 6) is -0.221. The number of rotatable bonds is 3. The minimum Gasteiger partial charge on any atom is -0.506 e. The summed E-state index contributed by atoms with van der Waals surface area (Å²) >= 11 is 0. The third kappa shape index (κ3) is 2.46. The topological polar surface area (TPSA) is 66.4 Å². The molecular formula is C13H13NO3S. The van der Waals surface area contributed by atoms with Gasteiger partial charge >= 0.3 is 0 Å². The molecule has 94 valence electrons. The predicted molar refractivity (Wildman–Crippen MR) is 70.1 cm³/mol. The molecule has 0 unspecified atom stereocenters. The molecule has 0 spiro atoms. The Kier molecular flexibility index (Phi) is 3.25. The normalized spacial score (nSPS) is 11.2. The molecule has 18 heavy (non-hydrogen) atoms. The molecule has 5 heteroatoms. The molecule has 0 aliphatic rings. The Bertz CT molecular complexity index is 651. The average molecular weight is 263 g/mol. The standard InChI is InChI=1S/C13H13NO3S/c1-10-6-5-9-12(13(10)15)18(16,17)14-11-7-3-2-4-8-11/h2-9,14-15H,1H3. The van der Waals surface area contributed by atoms with Crippen molar-refractivity contribution in [1.29, 1.82) is 0 Å². The Balaban J connectivity index is 2.41. The lowest BCUT2D eigenvalue weighted by Gasteiger charge is -2.10. The van der Waals surface area contributed by atoms with Crippen molar-refractivity contribution in [2.75, 3.05) is 4.72 Å². The fourth-order valence-electron chi connectivity index (χ4n) is 1.57. The van der Waals surface area contributed by atoms with Gasteiger partial charge in [-0.2, -0.15) is 0 Å². The molecule has 4 nitrogen and oxygen atoms in total. The van der Waals surface area contributed by atoms with Crippen LogP contribution in [0, 0.1) is 6.92 Å². The molecule has 0 atom stereocenters. The number of phenolic OH excluding ortho intramolecular Hbond substituents is 1. The third-order valence-corrected chi connectivity index (χ3v) is 3.93. The van der Waals surface area contributed by atoms with E-state index in [1.165, 1.54) is 6.07 Å². The smallest absolute Gasteiger partial charge is 0.265 e. The molecule has 0 aliphatic carbocycles. The van der Waals surface area contributed by atoms with Gasteiger partial charge in [0.2, 0.25) is 0 Å². The first-order chi connectivity index (χ1) is 8.50. The molecule has 0 aromatic heterocycles. The minimum atomic E-state index is -3.77. The Labute approximate surface area is 106 Å². The van der Waals surface area contributed by atoms with E-state index in [1.807, 2.05) is 0 Å². The number of aromatic hydroxyl groups is 1. The highest BCUT2D eigenvalue weighted by Gasteiger charge is 2.19. The number of para-hydroxylation sites is 2. The van der Waals surface area contributed by atoms with Crippen LogP contribution >= 0.6 is 0 Å². The summed E-state index contributed by atoms with van der Waals surface area (Å²) in [4.78, 5) is -0.119. The molecule has 2 aromatic rings. The summed E-state index contributed by atoms with van der Waals surface area (Å²) in [6, 6.07) is 13.2. The Morgan fingerprint density at radius 1 is 1.00 bits per heavy atom. The molecule has 0 heterocycles. The number of sulfonamides is 1. The molecule has 2 aromatic carbocycles. The van der Waals surface area contributed by atoms with Gasteiger partial charge in [-0.05, 0) is 30.7 Å². The van der Waals surface area contributed by atoms with Crippen LogP contribution in [-0.2, 0) is 10.0 Å². The molecule has 0 aliphatic heterocycles. The predicted octanol–water partition coefficient (Wildman–Crippen LogP) is 2.50. The number of benzene rings is 2. The number of phenols is 1. The van der Waals surface area contributed by atoms with E-state index in [1.54, 1.807) is 49.4 Å². The van der Waals surface area contributed by atoms with E-state index in [4.69, 9.17) is 0 Å². The molecule has 2 rings (SSSR count). The van der Waals surface area contributed by atoms with Crippen LogP contribution in [0.25, 0.3) is 0 Å². The third-order valence-electron chi connectivity index (χ3n) is 2.52. The maximum Gasteiger partial charge on any atom is 0.265 e. The molecule has 0 radical (unpaired) electrons. The Hall–Kier alpha value is -2.01. The van der Waals surface area contributed by atoms with Gasteiger partial charge in [-0.1, -0.05) is 30.3 Å². The Morgan fingerprint density at radius 2 is 1.67 bits per heavy atom. The quantitative estimate of drug-likeness (QED) is 0.894. The minimum absolute atomic E-state index is 0.119. The van der Waals surface area contributed by atoms with Gasteiger partial charge in [-0.25, -0.2) is 8.42 Å². The molecular weight excluding hydrogens is 250 g/mol. The number of aryl methyl sites for hydroxylation is 1. The summed E-state index contributed by atoms with van der Waals surface area (Å²) in [7, 11) is -3.77. The average Bonchev–Trinajstić information content (AvgIpc) is 2.33. The fraction of sp³-hybridized carbons (Fsp3) is 0.0769. The van der Waals surface area contributed by atoms with Crippen molar-refractivity contribution in [1.82, 2.24) is 0 Å². The maximum absolute atomic E-state index is 12.1. The van der Waals surface area contributed by atoms with Gasteiger partial charge in [-0.15, -0.1) is 0 Å². The zero-order valence-electron chi connectivity index (χ0n) is 9.79. The van der Waals surface area contributed by atoms with Gasteiger partial charge < -0.3 is 5.11 Å². The second-order valence-electron chi connectivity index (χ2n) is 3.89. The summed E-state index contributed by atoms with van der Waals surface area (Å²) < 4.78 is 26.6. The van der Waals surface area contributed by atoms with Crippen molar-refractivity contribution in [3.05, 3.63) is 54.1 Å². The van der Waals surface area contributed by atoms with Crippen LogP contribution in [0.2, 0.25) is 0 Å². The molecule has 2 N–H and O–H groups in total. The van der Waals surface area contributed by atoms with Crippen molar-refractivity contribution in [2.45, 2.75) is 11.8 Å². The second kappa shape index (κ2) is 4.70. The number of hydrogen-bond donors (Lipinski definition) is 2. The van der Waals surface area contributed by atoms with Crippen molar-refractivity contribution >= 4 is 15.7 Å². The molecule has 0 amide bonds. The van der Waals surface area contributed by atoms with Crippen LogP contribution in [-0.4, -0.2) is 13.5 Å². The van der Waals surface area contributed by atoms with Gasteiger partial charge in [0, 0.05) is 5.69 Å². The van der Waals surface area contributed by atoms with E-state index < -0.39 is 10.0 Å². The molecule has 0 saturated heterocycles. The zero-order valence-corrected chi connectivity index (χ0v) is 10.6. The van der Waals surface area contributed by atoms with Crippen LogP contribution < -0.4 is 4.72 Å². The number of nitrogens with one attached hydrogen (secondary N) is 1. The van der Waals surface area contributed by atoms with E-state index in [-0.39, 0.29) is 10.6 Å². The Morgan fingerprint density at radius 3 is 2.33 bits per heavy atom. The van der Waals surface area contributed by atoms with Crippen molar-refractivity contribution < 1.29 is 13.5 Å². The van der Waals surface area contributed by atoms with Crippen LogP contribution in [0.15, 0.2) is 53.4 Å². The van der Waals surface area contributed by atoms with Crippen molar-refractivity contribution in [2.24, 2.45) is 0 Å². The van der Waals surface area contributed by atoms with Gasteiger partial charge in [0.25, 0.3) is 10.0 Å². The van der Waals surface area contributed by atoms with E-state index in [2.05, 4.69) is 4.72 Å². The van der Waals surface area contributed by atoms with E-state index in [9.17, 15) is 13.5 Å². The lowest BCUT2D eigenvalue weighted by Crippen LogP contribution is -2.13. The summed E-state index contributed by atoms with van der Waals surface area (Å²) in [5.41, 5.74) is 0.976. The molecule has 0 saturated carbocycles. The van der Waals surface area contributed by atoms with Crippen LogP contribution in [0.1, 0.15) is 5.56 Å². The molecule has 0 bridgehead atoms. The largest absolute Gasteiger partial charge is 0.506 e. The first-order valence-corrected chi connectivity index (χ1v) is 6.85. The van der Waals surface area contributed by atoms with Crippen LogP contribution in [0.5, 0.6) is 5.75 Å². The first-order valence-electron chi connectivity index (χ1n) is 5.37. The summed E-state index contributed by atoms with van der Waals surface area (Å²) in [6.07, 6.45) is 0. The van der Waals surface area contributed by atoms with Crippen molar-refractivity contribution in [3.8, 4) is 5.75 Å². The van der Waals surface area contributed by atoms with Gasteiger partial charge in [0.05, 0.1) is 0 Å². The van der Waals surface area contributed by atoms with Crippen LogP contribution in [0.4, 0.5) is 5.69 Å². The van der Waals surface area contributed by atoms with Gasteiger partial charge in [-0.3, -0.25) is 4.72 Å².